The van der Waals surface area contributed by atoms with Crippen molar-refractivity contribution in [2.75, 3.05) is 7.05 Å². The van der Waals surface area contributed by atoms with Crippen LogP contribution in [0.25, 0.3) is 5.57 Å². The minimum Gasteiger partial charge on any atom is -0.369 e. The summed E-state index contributed by atoms with van der Waals surface area (Å²) in [4.78, 5) is 18.2. The van der Waals surface area contributed by atoms with E-state index >= 15 is 0 Å². The van der Waals surface area contributed by atoms with Gasteiger partial charge in [0.2, 0.25) is 5.91 Å². The first-order chi connectivity index (χ1) is 11.4. The topological polar surface area (TPSA) is 82.5 Å². The van der Waals surface area contributed by atoms with E-state index in [2.05, 4.69) is 32.4 Å². The minimum atomic E-state index is -0.572. The summed E-state index contributed by atoms with van der Waals surface area (Å²) in [6.45, 7) is 1.97. The summed E-state index contributed by atoms with van der Waals surface area (Å²) in [6.07, 6.45) is 0.323. The van der Waals surface area contributed by atoms with Gasteiger partial charge in [-0.25, -0.2) is 4.99 Å². The Morgan fingerprint density at radius 3 is 2.96 bits per heavy atom. The molecule has 1 amide bonds. The highest BCUT2D eigenvalue weighted by Crippen LogP contribution is 2.48. The number of hydrogen-bond donors (Lipinski definition) is 1. The van der Waals surface area contributed by atoms with Crippen LogP contribution in [0.4, 0.5) is 0 Å². The Bertz CT molecular complexity index is 800. The number of thioether (sulfide) groups is 1. The molecule has 0 aliphatic carbocycles. The molecule has 1 aromatic carbocycles. The Labute approximate surface area is 153 Å². The summed E-state index contributed by atoms with van der Waals surface area (Å²) in [5.41, 5.74) is 8.08. The quantitative estimate of drug-likeness (QED) is 0.767. The van der Waals surface area contributed by atoms with Gasteiger partial charge in [0.05, 0.1) is 33.7 Å². The Balaban J connectivity index is 1.89. The van der Waals surface area contributed by atoms with Crippen molar-refractivity contribution in [3.05, 3.63) is 40.8 Å². The second kappa shape index (κ2) is 6.26. The number of guanidine groups is 1. The van der Waals surface area contributed by atoms with Crippen LogP contribution in [0, 0.1) is 11.3 Å². The number of nitrogens with zero attached hydrogens (tertiary/aromatic N) is 3. The molecule has 0 aromatic heterocycles. The predicted molar refractivity (Wildman–Crippen MR) is 101 cm³/mol. The van der Waals surface area contributed by atoms with Gasteiger partial charge in [-0.2, -0.15) is 5.26 Å². The van der Waals surface area contributed by atoms with Gasteiger partial charge in [0.25, 0.3) is 0 Å². The number of rotatable bonds is 2. The zero-order valence-corrected chi connectivity index (χ0v) is 15.8. The molecule has 2 aliphatic rings. The van der Waals surface area contributed by atoms with E-state index < -0.39 is 5.54 Å². The standard InChI is InChI=1S/C17H17BrN4OS/c1-17(7-13(23)22(2)16(20)21-17)15-14(18)12(9-24-15)11-5-3-4-10(6-11)8-19/h3-6,9,14-15H,7H2,1-2H3,(H2,20,21)/t14?,15?,17-/m0/s1. The third-order valence-corrected chi connectivity index (χ3v) is 7.27. The lowest BCUT2D eigenvalue weighted by molar-refractivity contribution is -0.128. The van der Waals surface area contributed by atoms with E-state index in [1.807, 2.05) is 25.1 Å². The average molecular weight is 405 g/mol. The first kappa shape index (κ1) is 17.1. The number of alkyl halides is 1. The number of nitriles is 1. The summed E-state index contributed by atoms with van der Waals surface area (Å²) < 4.78 is 0. The van der Waals surface area contributed by atoms with Crippen LogP contribution >= 0.6 is 27.7 Å². The number of carbonyl (C=O) groups excluding carboxylic acids is 1. The van der Waals surface area contributed by atoms with Gasteiger partial charge >= 0.3 is 0 Å². The van der Waals surface area contributed by atoms with E-state index in [4.69, 9.17) is 11.0 Å². The van der Waals surface area contributed by atoms with E-state index in [9.17, 15) is 4.79 Å². The number of aliphatic imine (C=N–C) groups is 1. The zero-order valence-electron chi connectivity index (χ0n) is 13.4. The maximum atomic E-state index is 12.2. The fourth-order valence-electron chi connectivity index (χ4n) is 2.99. The Kier molecular flexibility index (Phi) is 4.45. The van der Waals surface area contributed by atoms with Crippen molar-refractivity contribution >= 4 is 45.1 Å². The lowest BCUT2D eigenvalue weighted by Gasteiger charge is -2.38. The van der Waals surface area contributed by atoms with E-state index in [0.717, 1.165) is 11.1 Å². The van der Waals surface area contributed by atoms with E-state index in [1.165, 1.54) is 4.90 Å². The normalized spacial score (nSPS) is 29.9. The number of carbonyl (C=O) groups is 1. The first-order valence-electron chi connectivity index (χ1n) is 7.48. The summed E-state index contributed by atoms with van der Waals surface area (Å²) >= 11 is 5.43. The summed E-state index contributed by atoms with van der Waals surface area (Å²) in [6, 6.07) is 9.70. The van der Waals surface area contributed by atoms with Crippen molar-refractivity contribution in [3.63, 3.8) is 0 Å². The molecule has 0 fully saturated rings. The van der Waals surface area contributed by atoms with E-state index in [1.54, 1.807) is 24.9 Å². The Morgan fingerprint density at radius 1 is 1.54 bits per heavy atom. The van der Waals surface area contributed by atoms with Crippen molar-refractivity contribution < 1.29 is 4.79 Å². The smallest absolute Gasteiger partial charge is 0.231 e. The number of halogens is 1. The molecule has 0 saturated heterocycles. The average Bonchev–Trinajstić information content (AvgIpc) is 2.95. The second-order valence-corrected chi connectivity index (χ2v) is 8.18. The third-order valence-electron chi connectivity index (χ3n) is 4.44. The van der Waals surface area contributed by atoms with Crippen LogP contribution in [0.15, 0.2) is 34.7 Å². The van der Waals surface area contributed by atoms with Gasteiger partial charge < -0.3 is 5.73 Å². The van der Waals surface area contributed by atoms with Crippen molar-refractivity contribution in [1.29, 1.82) is 5.26 Å². The highest BCUT2D eigenvalue weighted by Gasteiger charge is 2.47. The van der Waals surface area contributed by atoms with Gasteiger partial charge in [0.15, 0.2) is 5.96 Å². The highest BCUT2D eigenvalue weighted by atomic mass is 79.9. The number of allylic oxidation sites excluding steroid dienone is 1. The van der Waals surface area contributed by atoms with E-state index in [-0.39, 0.29) is 21.9 Å². The highest BCUT2D eigenvalue weighted by molar-refractivity contribution is 9.10. The van der Waals surface area contributed by atoms with Gasteiger partial charge in [-0.15, -0.1) is 11.8 Å². The molecule has 3 atom stereocenters. The maximum absolute atomic E-state index is 12.2. The summed E-state index contributed by atoms with van der Waals surface area (Å²) in [7, 11) is 1.64. The van der Waals surface area contributed by atoms with Crippen LogP contribution in [0.1, 0.15) is 24.5 Å². The molecular weight excluding hydrogens is 388 g/mol. The monoisotopic (exact) mass is 404 g/mol. The molecule has 1 aromatic rings. The number of nitrogens with two attached hydrogens (primary N) is 1. The van der Waals surface area contributed by atoms with Crippen LogP contribution in [0.3, 0.4) is 0 Å². The molecule has 24 heavy (non-hydrogen) atoms. The molecular formula is C17H17BrN4OS. The maximum Gasteiger partial charge on any atom is 0.231 e. The number of amides is 1. The van der Waals surface area contributed by atoms with Crippen molar-refractivity contribution in [1.82, 2.24) is 4.90 Å². The second-order valence-electron chi connectivity index (χ2n) is 6.18. The molecule has 2 aliphatic heterocycles. The lowest BCUT2D eigenvalue weighted by atomic mass is 9.87. The van der Waals surface area contributed by atoms with Crippen molar-refractivity contribution in [2.24, 2.45) is 10.7 Å². The fourth-order valence-corrected chi connectivity index (χ4v) is 5.80. The molecule has 124 valence electrons. The Morgan fingerprint density at radius 2 is 2.29 bits per heavy atom. The molecule has 3 rings (SSSR count). The van der Waals surface area contributed by atoms with E-state index in [0.29, 0.717) is 12.0 Å². The van der Waals surface area contributed by atoms with Gasteiger partial charge in [-0.1, -0.05) is 28.1 Å². The van der Waals surface area contributed by atoms with Crippen LogP contribution in [-0.2, 0) is 4.79 Å². The predicted octanol–water partition coefficient (Wildman–Crippen LogP) is 2.71. The lowest BCUT2D eigenvalue weighted by Crippen LogP contribution is -2.53. The van der Waals surface area contributed by atoms with Gasteiger partial charge in [0, 0.05) is 7.05 Å². The molecule has 0 spiro atoms. The Hall–Kier alpha value is -1.78. The minimum absolute atomic E-state index is 0.0224. The zero-order chi connectivity index (χ0) is 17.5. The van der Waals surface area contributed by atoms with Crippen LogP contribution in [0.5, 0.6) is 0 Å². The van der Waals surface area contributed by atoms with Crippen molar-refractivity contribution in [3.8, 4) is 6.07 Å². The largest absolute Gasteiger partial charge is 0.369 e. The number of benzene rings is 1. The molecule has 7 heteroatoms. The number of hydrogen-bond acceptors (Lipinski definition) is 5. The van der Waals surface area contributed by atoms with Gasteiger partial charge in [-0.3, -0.25) is 9.69 Å². The summed E-state index contributed by atoms with van der Waals surface area (Å²) in [5, 5.41) is 11.2. The van der Waals surface area contributed by atoms with Gasteiger partial charge in [-0.05, 0) is 35.6 Å². The molecule has 2 heterocycles. The SMILES string of the molecule is CN1C(=O)C[C@@](C)(C2SC=C(c3cccc(C#N)c3)C2Br)N=C1N. The van der Waals surface area contributed by atoms with Crippen LogP contribution in [-0.4, -0.2) is 39.4 Å². The molecule has 5 nitrogen and oxygen atoms in total. The fraction of sp³-hybridized carbons (Fsp3) is 0.353. The first-order valence-corrected chi connectivity index (χ1v) is 9.33. The molecule has 2 unspecified atom stereocenters. The van der Waals surface area contributed by atoms with Gasteiger partial charge in [0.1, 0.15) is 0 Å². The van der Waals surface area contributed by atoms with Crippen LogP contribution < -0.4 is 5.73 Å². The summed E-state index contributed by atoms with van der Waals surface area (Å²) in [5.74, 6) is 0.235. The third kappa shape index (κ3) is 2.85. The van der Waals surface area contributed by atoms with Crippen LogP contribution in [0.2, 0.25) is 0 Å². The molecule has 0 saturated carbocycles. The molecule has 0 radical (unpaired) electrons. The molecule has 0 bridgehead atoms. The molecule has 2 N–H and O–H groups in total. The van der Waals surface area contributed by atoms with Crippen molar-refractivity contribution in [2.45, 2.75) is 29.0 Å².